The number of rotatable bonds is 2. The normalized spacial score (nSPS) is 15.2. The molecule has 7 heteroatoms. The molecule has 2 heterocycles. The van der Waals surface area contributed by atoms with Crippen molar-refractivity contribution in [3.8, 4) is 5.75 Å². The lowest BCUT2D eigenvalue weighted by molar-refractivity contribution is 0.0137. The van der Waals surface area contributed by atoms with E-state index in [1.807, 2.05) is 26.8 Å². The van der Waals surface area contributed by atoms with E-state index in [9.17, 15) is 9.59 Å². The second-order valence-corrected chi connectivity index (χ2v) is 7.27. The van der Waals surface area contributed by atoms with Gasteiger partial charge in [-0.1, -0.05) is 0 Å². The summed E-state index contributed by atoms with van der Waals surface area (Å²) in [5.41, 5.74) is 0.112. The zero-order valence-electron chi connectivity index (χ0n) is 15.6. The largest absolute Gasteiger partial charge is 0.497 e. The number of hydrogen-bond donors (Lipinski definition) is 0. The van der Waals surface area contributed by atoms with Crippen LogP contribution in [0.25, 0.3) is 11.0 Å². The molecule has 140 valence electrons. The van der Waals surface area contributed by atoms with Crippen molar-refractivity contribution in [1.29, 1.82) is 0 Å². The SMILES string of the molecule is COc1ccc2oc(C(=O)N3CCN(C(=O)OC(C)(C)C)CC3)cc2c1. The van der Waals surface area contributed by atoms with E-state index in [1.165, 1.54) is 0 Å². The minimum absolute atomic E-state index is 0.177. The molecular weight excluding hydrogens is 336 g/mol. The van der Waals surface area contributed by atoms with Crippen LogP contribution in [-0.4, -0.2) is 60.7 Å². The maximum absolute atomic E-state index is 12.7. The van der Waals surface area contributed by atoms with Gasteiger partial charge in [0.1, 0.15) is 16.9 Å². The summed E-state index contributed by atoms with van der Waals surface area (Å²) in [6.07, 6.45) is -0.347. The van der Waals surface area contributed by atoms with Gasteiger partial charge in [0.2, 0.25) is 0 Å². The van der Waals surface area contributed by atoms with Crippen molar-refractivity contribution >= 4 is 23.0 Å². The fraction of sp³-hybridized carbons (Fsp3) is 0.474. The molecule has 7 nitrogen and oxygen atoms in total. The Bertz CT molecular complexity index is 813. The van der Waals surface area contributed by atoms with Crippen LogP contribution in [0.1, 0.15) is 31.3 Å². The second kappa shape index (κ2) is 6.90. The lowest BCUT2D eigenvalue weighted by Crippen LogP contribution is -2.51. The van der Waals surface area contributed by atoms with Crippen molar-refractivity contribution < 1.29 is 23.5 Å². The second-order valence-electron chi connectivity index (χ2n) is 7.27. The Balaban J connectivity index is 1.64. The summed E-state index contributed by atoms with van der Waals surface area (Å²) in [6.45, 7) is 7.27. The number of carbonyl (C=O) groups excluding carboxylic acids is 2. The maximum atomic E-state index is 12.7. The lowest BCUT2D eigenvalue weighted by atomic mass is 10.2. The number of furan rings is 1. The number of amides is 2. The van der Waals surface area contributed by atoms with Crippen molar-refractivity contribution in [2.45, 2.75) is 26.4 Å². The molecule has 1 aromatic heterocycles. The highest BCUT2D eigenvalue weighted by Gasteiger charge is 2.29. The first-order valence-corrected chi connectivity index (χ1v) is 8.61. The van der Waals surface area contributed by atoms with Crippen molar-refractivity contribution in [2.24, 2.45) is 0 Å². The molecule has 0 bridgehead atoms. The molecule has 0 spiro atoms. The zero-order valence-corrected chi connectivity index (χ0v) is 15.6. The van der Waals surface area contributed by atoms with Gasteiger partial charge in [0, 0.05) is 31.6 Å². The smallest absolute Gasteiger partial charge is 0.410 e. The molecule has 2 aromatic rings. The van der Waals surface area contributed by atoms with E-state index in [2.05, 4.69) is 0 Å². The van der Waals surface area contributed by atoms with Crippen LogP contribution in [0.2, 0.25) is 0 Å². The van der Waals surface area contributed by atoms with E-state index in [0.29, 0.717) is 43.3 Å². The van der Waals surface area contributed by atoms with Gasteiger partial charge in [-0.3, -0.25) is 4.79 Å². The van der Waals surface area contributed by atoms with Crippen molar-refractivity contribution in [3.05, 3.63) is 30.0 Å². The lowest BCUT2D eigenvalue weighted by Gasteiger charge is -2.35. The Morgan fingerprint density at radius 3 is 2.31 bits per heavy atom. The minimum atomic E-state index is -0.528. The van der Waals surface area contributed by atoms with E-state index in [0.717, 1.165) is 5.39 Å². The summed E-state index contributed by atoms with van der Waals surface area (Å²) < 4.78 is 16.2. The predicted octanol–water partition coefficient (Wildman–Crippen LogP) is 3.13. The molecule has 1 aliphatic heterocycles. The topological polar surface area (TPSA) is 72.2 Å². The summed E-state index contributed by atoms with van der Waals surface area (Å²) in [5.74, 6) is 0.825. The first kappa shape index (κ1) is 18.1. The molecule has 1 aromatic carbocycles. The van der Waals surface area contributed by atoms with E-state index >= 15 is 0 Å². The van der Waals surface area contributed by atoms with Gasteiger partial charge in [-0.05, 0) is 45.0 Å². The molecule has 0 N–H and O–H groups in total. The highest BCUT2D eigenvalue weighted by molar-refractivity contribution is 5.96. The summed E-state index contributed by atoms with van der Waals surface area (Å²) in [6, 6.07) is 7.13. The molecule has 2 amide bonds. The number of hydrogen-bond acceptors (Lipinski definition) is 5. The molecule has 1 saturated heterocycles. The Kier molecular flexibility index (Phi) is 4.80. The van der Waals surface area contributed by atoms with Crippen LogP contribution in [0, 0.1) is 0 Å². The number of fused-ring (bicyclic) bond motifs is 1. The van der Waals surface area contributed by atoms with Gasteiger partial charge in [0.25, 0.3) is 5.91 Å². The summed E-state index contributed by atoms with van der Waals surface area (Å²) in [5, 5.41) is 0.820. The van der Waals surface area contributed by atoms with Gasteiger partial charge < -0.3 is 23.7 Å². The van der Waals surface area contributed by atoms with Gasteiger partial charge in [0.05, 0.1) is 7.11 Å². The van der Waals surface area contributed by atoms with Gasteiger partial charge in [-0.25, -0.2) is 4.79 Å². The summed E-state index contributed by atoms with van der Waals surface area (Å²) >= 11 is 0. The fourth-order valence-electron chi connectivity index (χ4n) is 2.83. The highest BCUT2D eigenvalue weighted by atomic mass is 16.6. The molecule has 3 rings (SSSR count). The third kappa shape index (κ3) is 3.92. The Morgan fingerprint density at radius 1 is 1.04 bits per heavy atom. The Morgan fingerprint density at radius 2 is 1.69 bits per heavy atom. The molecule has 0 unspecified atom stereocenters. The quantitative estimate of drug-likeness (QED) is 0.823. The number of methoxy groups -OCH3 is 1. The minimum Gasteiger partial charge on any atom is -0.497 e. The highest BCUT2D eigenvalue weighted by Crippen LogP contribution is 2.25. The number of piperazine rings is 1. The third-order valence-electron chi connectivity index (χ3n) is 4.15. The standard InChI is InChI=1S/C19H24N2O5/c1-19(2,3)26-18(23)21-9-7-20(8-10-21)17(22)16-12-13-11-14(24-4)5-6-15(13)25-16/h5-6,11-12H,7-10H2,1-4H3. The predicted molar refractivity (Wildman–Crippen MR) is 96.5 cm³/mol. The number of ether oxygens (including phenoxy) is 2. The van der Waals surface area contributed by atoms with Gasteiger partial charge in [-0.15, -0.1) is 0 Å². The van der Waals surface area contributed by atoms with Crippen LogP contribution in [0.3, 0.4) is 0 Å². The first-order chi connectivity index (χ1) is 12.3. The monoisotopic (exact) mass is 360 g/mol. The molecule has 0 radical (unpaired) electrons. The van der Waals surface area contributed by atoms with Gasteiger partial charge in [-0.2, -0.15) is 0 Å². The van der Waals surface area contributed by atoms with E-state index in [-0.39, 0.29) is 12.0 Å². The number of carbonyl (C=O) groups is 2. The number of benzene rings is 1. The van der Waals surface area contributed by atoms with Crippen LogP contribution < -0.4 is 4.74 Å². The van der Waals surface area contributed by atoms with Crippen LogP contribution in [0.4, 0.5) is 4.79 Å². The average Bonchev–Trinajstić information content (AvgIpc) is 3.02. The zero-order chi connectivity index (χ0) is 18.9. The Labute approximate surface area is 152 Å². The Hall–Kier alpha value is -2.70. The molecule has 0 saturated carbocycles. The van der Waals surface area contributed by atoms with Crippen LogP contribution >= 0.6 is 0 Å². The van der Waals surface area contributed by atoms with E-state index < -0.39 is 5.60 Å². The average molecular weight is 360 g/mol. The molecule has 1 fully saturated rings. The molecule has 26 heavy (non-hydrogen) atoms. The number of nitrogens with zero attached hydrogens (tertiary/aromatic N) is 2. The van der Waals surface area contributed by atoms with Gasteiger partial charge >= 0.3 is 6.09 Å². The molecule has 0 atom stereocenters. The van der Waals surface area contributed by atoms with Crippen molar-refractivity contribution in [1.82, 2.24) is 9.80 Å². The molecular formula is C19H24N2O5. The first-order valence-electron chi connectivity index (χ1n) is 8.61. The van der Waals surface area contributed by atoms with E-state index in [4.69, 9.17) is 13.9 Å². The van der Waals surface area contributed by atoms with Crippen molar-refractivity contribution in [2.75, 3.05) is 33.3 Å². The van der Waals surface area contributed by atoms with Gasteiger partial charge in [0.15, 0.2) is 5.76 Å². The van der Waals surface area contributed by atoms with Crippen LogP contribution in [0.5, 0.6) is 5.75 Å². The summed E-state index contributed by atoms with van der Waals surface area (Å²) in [4.78, 5) is 28.1. The van der Waals surface area contributed by atoms with Crippen LogP contribution in [-0.2, 0) is 4.74 Å². The summed E-state index contributed by atoms with van der Waals surface area (Å²) in [7, 11) is 1.59. The molecule has 1 aliphatic rings. The van der Waals surface area contributed by atoms with E-state index in [1.54, 1.807) is 35.1 Å². The van der Waals surface area contributed by atoms with Crippen molar-refractivity contribution in [3.63, 3.8) is 0 Å². The van der Waals surface area contributed by atoms with Crippen LogP contribution in [0.15, 0.2) is 28.7 Å². The third-order valence-corrected chi connectivity index (χ3v) is 4.15. The fourth-order valence-corrected chi connectivity index (χ4v) is 2.83. The molecule has 0 aliphatic carbocycles. The maximum Gasteiger partial charge on any atom is 0.410 e.